The largest absolute Gasteiger partial charge is 0.311 e. The number of rotatable bonds is 7. The molecular formula is C46H32N2. The SMILES string of the molecule is C(=C\c1ccc(N(c2ccccc2)c2ccccc2)cc1)/c1ccc(-c2cc3ccc4cccc5c4c3c(c2)n5-c2ccccc2)cc1. The monoisotopic (exact) mass is 612 g/mol. The summed E-state index contributed by atoms with van der Waals surface area (Å²) in [5, 5.41) is 5.22. The topological polar surface area (TPSA) is 8.17 Å². The first-order valence-corrected chi connectivity index (χ1v) is 16.4. The molecule has 0 bridgehead atoms. The molecule has 1 aromatic heterocycles. The smallest absolute Gasteiger partial charge is 0.0553 e. The first-order valence-electron chi connectivity index (χ1n) is 16.4. The van der Waals surface area contributed by atoms with Crippen molar-refractivity contribution in [3.05, 3.63) is 193 Å². The van der Waals surface area contributed by atoms with Crippen LogP contribution < -0.4 is 4.90 Å². The van der Waals surface area contributed by atoms with Crippen LogP contribution in [0.15, 0.2) is 182 Å². The summed E-state index contributed by atoms with van der Waals surface area (Å²) in [6, 6.07) is 65.2. The van der Waals surface area contributed by atoms with E-state index >= 15 is 0 Å². The van der Waals surface area contributed by atoms with Gasteiger partial charge < -0.3 is 9.47 Å². The number of benzene rings is 8. The van der Waals surface area contributed by atoms with E-state index in [0.717, 1.165) is 22.6 Å². The Morgan fingerprint density at radius 2 is 0.917 bits per heavy atom. The van der Waals surface area contributed by atoms with Crippen LogP contribution in [-0.2, 0) is 0 Å². The van der Waals surface area contributed by atoms with Crippen molar-refractivity contribution in [2.45, 2.75) is 0 Å². The van der Waals surface area contributed by atoms with Crippen molar-refractivity contribution in [2.24, 2.45) is 0 Å². The summed E-state index contributed by atoms with van der Waals surface area (Å²) in [5.41, 5.74) is 11.8. The van der Waals surface area contributed by atoms with Crippen LogP contribution in [-0.4, -0.2) is 4.57 Å². The molecule has 0 aliphatic carbocycles. The first kappa shape index (κ1) is 27.9. The Morgan fingerprint density at radius 3 is 1.56 bits per heavy atom. The van der Waals surface area contributed by atoms with Crippen LogP contribution in [0.3, 0.4) is 0 Å². The molecule has 0 aliphatic rings. The highest BCUT2D eigenvalue weighted by Gasteiger charge is 2.18. The van der Waals surface area contributed by atoms with Crippen molar-refractivity contribution in [3.63, 3.8) is 0 Å². The predicted octanol–water partition coefficient (Wildman–Crippen LogP) is 12.7. The molecule has 0 amide bonds. The molecule has 0 N–H and O–H groups in total. The van der Waals surface area contributed by atoms with Crippen molar-refractivity contribution >= 4 is 61.8 Å². The summed E-state index contributed by atoms with van der Waals surface area (Å²) < 4.78 is 2.41. The van der Waals surface area contributed by atoms with Gasteiger partial charge in [-0.05, 0) is 99.8 Å². The minimum atomic E-state index is 1.13. The van der Waals surface area contributed by atoms with Crippen molar-refractivity contribution in [1.82, 2.24) is 4.57 Å². The van der Waals surface area contributed by atoms with E-state index in [0.29, 0.717) is 0 Å². The molecule has 0 fully saturated rings. The van der Waals surface area contributed by atoms with E-state index in [1.165, 1.54) is 55.0 Å². The van der Waals surface area contributed by atoms with Gasteiger partial charge in [-0.1, -0.05) is 127 Å². The van der Waals surface area contributed by atoms with Crippen molar-refractivity contribution < 1.29 is 0 Å². The maximum absolute atomic E-state index is 2.41. The molecule has 2 heteroatoms. The van der Waals surface area contributed by atoms with Crippen LogP contribution >= 0.6 is 0 Å². The fourth-order valence-electron chi connectivity index (χ4n) is 7.03. The van der Waals surface area contributed by atoms with E-state index in [2.05, 4.69) is 204 Å². The summed E-state index contributed by atoms with van der Waals surface area (Å²) in [6.45, 7) is 0. The summed E-state index contributed by atoms with van der Waals surface area (Å²) in [6.07, 6.45) is 4.38. The highest BCUT2D eigenvalue weighted by atomic mass is 15.1. The molecule has 2 nitrogen and oxygen atoms in total. The van der Waals surface area contributed by atoms with Gasteiger partial charge in [-0.2, -0.15) is 0 Å². The number of hydrogen-bond donors (Lipinski definition) is 0. The number of anilines is 3. The van der Waals surface area contributed by atoms with E-state index < -0.39 is 0 Å². The van der Waals surface area contributed by atoms with Gasteiger partial charge in [0.25, 0.3) is 0 Å². The Bertz CT molecular complexity index is 2470. The van der Waals surface area contributed by atoms with Crippen molar-refractivity contribution in [2.75, 3.05) is 4.90 Å². The zero-order valence-corrected chi connectivity index (χ0v) is 26.4. The maximum atomic E-state index is 2.41. The van der Waals surface area contributed by atoms with Gasteiger partial charge in [-0.15, -0.1) is 0 Å². The van der Waals surface area contributed by atoms with Gasteiger partial charge in [0.2, 0.25) is 0 Å². The van der Waals surface area contributed by atoms with Crippen LogP contribution in [0.25, 0.3) is 61.5 Å². The highest BCUT2D eigenvalue weighted by molar-refractivity contribution is 6.25. The van der Waals surface area contributed by atoms with Crippen LogP contribution in [0.1, 0.15) is 11.1 Å². The standard InChI is InChI=1S/C46H32N2/c1-4-12-39(13-5-1)47(40-14-6-2-7-15-40)42-29-23-34(24-30-42)20-19-33-21-25-35(26-22-33)38-31-37-28-27-36-11-10-18-43-45(36)46(37)44(32-38)48(43)41-16-8-3-9-17-41/h1-32H/b20-19+. The molecule has 0 saturated heterocycles. The lowest BCUT2D eigenvalue weighted by atomic mass is 9.97. The van der Waals surface area contributed by atoms with Gasteiger partial charge in [-0.25, -0.2) is 0 Å². The molecule has 1 heterocycles. The maximum Gasteiger partial charge on any atom is 0.0553 e. The number of nitrogens with zero attached hydrogens (tertiary/aromatic N) is 2. The number of hydrogen-bond acceptors (Lipinski definition) is 1. The summed E-state index contributed by atoms with van der Waals surface area (Å²) >= 11 is 0. The molecule has 9 aromatic rings. The van der Waals surface area contributed by atoms with Crippen molar-refractivity contribution in [3.8, 4) is 16.8 Å². The zero-order valence-electron chi connectivity index (χ0n) is 26.4. The molecule has 226 valence electrons. The van der Waals surface area contributed by atoms with Gasteiger partial charge in [0, 0.05) is 33.5 Å². The normalized spacial score (nSPS) is 11.7. The van der Waals surface area contributed by atoms with Crippen LogP contribution in [0.2, 0.25) is 0 Å². The molecule has 0 atom stereocenters. The fourth-order valence-corrected chi connectivity index (χ4v) is 7.03. The fraction of sp³-hybridized carbons (Fsp3) is 0. The van der Waals surface area contributed by atoms with Crippen LogP contribution in [0.4, 0.5) is 17.1 Å². The summed E-state index contributed by atoms with van der Waals surface area (Å²) in [7, 11) is 0. The molecule has 0 radical (unpaired) electrons. The minimum Gasteiger partial charge on any atom is -0.311 e. The third kappa shape index (κ3) is 4.92. The third-order valence-electron chi connectivity index (χ3n) is 9.30. The Labute approximate surface area is 280 Å². The number of para-hydroxylation sites is 3. The Hall–Kier alpha value is -6.38. The summed E-state index contributed by atoms with van der Waals surface area (Å²) in [4.78, 5) is 2.28. The lowest BCUT2D eigenvalue weighted by Gasteiger charge is -2.25. The average molecular weight is 613 g/mol. The Balaban J connectivity index is 1.02. The van der Waals surface area contributed by atoms with Gasteiger partial charge in [-0.3, -0.25) is 0 Å². The molecule has 9 rings (SSSR count). The van der Waals surface area contributed by atoms with Crippen molar-refractivity contribution in [1.29, 1.82) is 0 Å². The van der Waals surface area contributed by atoms with E-state index in [9.17, 15) is 0 Å². The quantitative estimate of drug-likeness (QED) is 0.128. The van der Waals surface area contributed by atoms with E-state index in [4.69, 9.17) is 0 Å². The van der Waals surface area contributed by atoms with E-state index in [1.54, 1.807) is 0 Å². The molecule has 0 spiro atoms. The molecule has 8 aromatic carbocycles. The molecular weight excluding hydrogens is 581 g/mol. The highest BCUT2D eigenvalue weighted by Crippen LogP contribution is 2.41. The second-order valence-corrected chi connectivity index (χ2v) is 12.3. The van der Waals surface area contributed by atoms with Gasteiger partial charge >= 0.3 is 0 Å². The molecule has 0 unspecified atom stereocenters. The third-order valence-corrected chi connectivity index (χ3v) is 9.30. The Morgan fingerprint density at radius 1 is 0.375 bits per heavy atom. The van der Waals surface area contributed by atoms with E-state index in [-0.39, 0.29) is 0 Å². The average Bonchev–Trinajstić information content (AvgIpc) is 3.50. The first-order chi connectivity index (χ1) is 23.8. The molecule has 0 saturated carbocycles. The van der Waals surface area contributed by atoms with Gasteiger partial charge in [0.05, 0.1) is 11.0 Å². The molecule has 0 aliphatic heterocycles. The zero-order chi connectivity index (χ0) is 31.9. The lowest BCUT2D eigenvalue weighted by molar-refractivity contribution is 1.18. The van der Waals surface area contributed by atoms with Crippen LogP contribution in [0, 0.1) is 0 Å². The second-order valence-electron chi connectivity index (χ2n) is 12.3. The van der Waals surface area contributed by atoms with Gasteiger partial charge in [0.1, 0.15) is 0 Å². The summed E-state index contributed by atoms with van der Waals surface area (Å²) in [5.74, 6) is 0. The second kappa shape index (κ2) is 11.8. The minimum absolute atomic E-state index is 1.13. The van der Waals surface area contributed by atoms with Gasteiger partial charge in [0.15, 0.2) is 0 Å². The van der Waals surface area contributed by atoms with E-state index in [1.807, 2.05) is 0 Å². The predicted molar refractivity (Wildman–Crippen MR) is 205 cm³/mol. The lowest BCUT2D eigenvalue weighted by Crippen LogP contribution is -2.09. The molecule has 48 heavy (non-hydrogen) atoms. The van der Waals surface area contributed by atoms with Crippen LogP contribution in [0.5, 0.6) is 0 Å². The Kier molecular flexibility index (Phi) is 6.84. The number of aromatic nitrogens is 1.